The minimum atomic E-state index is -0.252. The third kappa shape index (κ3) is 3.08. The summed E-state index contributed by atoms with van der Waals surface area (Å²) in [5.41, 5.74) is 3.05. The zero-order valence-corrected chi connectivity index (χ0v) is 15.4. The van der Waals surface area contributed by atoms with Crippen LogP contribution in [0.15, 0.2) is 55.1 Å². The Morgan fingerprint density at radius 2 is 2.08 bits per heavy atom. The van der Waals surface area contributed by atoms with E-state index >= 15 is 0 Å². The molecule has 0 amide bonds. The lowest BCUT2D eigenvalue weighted by Gasteiger charge is -2.09. The molecule has 26 heavy (non-hydrogen) atoms. The summed E-state index contributed by atoms with van der Waals surface area (Å²) in [4.78, 5) is 9.91. The second-order valence-electron chi connectivity index (χ2n) is 6.26. The van der Waals surface area contributed by atoms with Crippen LogP contribution in [0, 0.1) is 5.82 Å². The lowest BCUT2D eigenvalue weighted by molar-refractivity contribution is 0.631. The molecule has 0 bridgehead atoms. The molecule has 132 valence electrons. The number of hydrogen-bond donors (Lipinski definition) is 1. The Balaban J connectivity index is 1.81. The first kappa shape index (κ1) is 16.7. The number of halogens is 1. The summed E-state index contributed by atoms with van der Waals surface area (Å²) in [7, 11) is 0. The topological polar surface area (TPSA) is 42.2 Å². The van der Waals surface area contributed by atoms with Crippen molar-refractivity contribution in [3.63, 3.8) is 0 Å². The fourth-order valence-corrected chi connectivity index (χ4v) is 3.74. The number of rotatable bonds is 5. The summed E-state index contributed by atoms with van der Waals surface area (Å²) in [5, 5.41) is 4.29. The molecule has 6 heteroatoms. The molecular weight excluding hydrogens is 347 g/mol. The van der Waals surface area contributed by atoms with E-state index in [1.807, 2.05) is 35.1 Å². The monoisotopic (exact) mass is 366 g/mol. The maximum atomic E-state index is 14.4. The zero-order chi connectivity index (χ0) is 18.1. The highest BCUT2D eigenvalue weighted by atomic mass is 32.1. The van der Waals surface area contributed by atoms with Crippen LogP contribution in [-0.4, -0.2) is 20.4 Å². The smallest absolute Gasteiger partial charge is 0.183 e. The Labute approximate surface area is 155 Å². The summed E-state index contributed by atoms with van der Waals surface area (Å²) in [6.45, 7) is 4.27. The van der Waals surface area contributed by atoms with Gasteiger partial charge < -0.3 is 9.72 Å². The Bertz CT molecular complexity index is 1050. The SMILES string of the molecule is CC[C@@H](C)Nc1ncc(-c2cc(-c3ccccc3F)c3nccn3c2)s1. The van der Waals surface area contributed by atoms with Crippen molar-refractivity contribution in [1.82, 2.24) is 14.4 Å². The van der Waals surface area contributed by atoms with Gasteiger partial charge in [-0.3, -0.25) is 0 Å². The van der Waals surface area contributed by atoms with E-state index in [1.54, 1.807) is 29.7 Å². The van der Waals surface area contributed by atoms with Crippen LogP contribution in [0.3, 0.4) is 0 Å². The van der Waals surface area contributed by atoms with Crippen molar-refractivity contribution in [3.05, 3.63) is 60.9 Å². The third-order valence-corrected chi connectivity index (χ3v) is 5.40. The molecular formula is C20H19FN4S. The molecule has 1 atom stereocenters. The van der Waals surface area contributed by atoms with Gasteiger partial charge in [0, 0.05) is 47.5 Å². The van der Waals surface area contributed by atoms with E-state index in [1.165, 1.54) is 6.07 Å². The lowest BCUT2D eigenvalue weighted by Crippen LogP contribution is -2.12. The molecule has 1 N–H and O–H groups in total. The van der Waals surface area contributed by atoms with Crippen LogP contribution < -0.4 is 5.32 Å². The highest BCUT2D eigenvalue weighted by Gasteiger charge is 2.14. The third-order valence-electron chi connectivity index (χ3n) is 4.42. The van der Waals surface area contributed by atoms with E-state index < -0.39 is 0 Å². The molecule has 3 aromatic heterocycles. The van der Waals surface area contributed by atoms with Crippen molar-refractivity contribution in [3.8, 4) is 21.6 Å². The van der Waals surface area contributed by atoms with Gasteiger partial charge in [-0.05, 0) is 25.5 Å². The first-order chi connectivity index (χ1) is 12.7. The summed E-state index contributed by atoms with van der Waals surface area (Å²) in [6, 6.07) is 9.15. The van der Waals surface area contributed by atoms with E-state index in [4.69, 9.17) is 0 Å². The van der Waals surface area contributed by atoms with Gasteiger partial charge in [0.1, 0.15) is 11.5 Å². The van der Waals surface area contributed by atoms with Crippen molar-refractivity contribution >= 4 is 22.1 Å². The van der Waals surface area contributed by atoms with Gasteiger partial charge in [-0.1, -0.05) is 36.5 Å². The van der Waals surface area contributed by atoms with Crippen LogP contribution in [0.4, 0.5) is 9.52 Å². The van der Waals surface area contributed by atoms with Crippen molar-refractivity contribution < 1.29 is 4.39 Å². The van der Waals surface area contributed by atoms with Crippen molar-refractivity contribution in [2.75, 3.05) is 5.32 Å². The number of hydrogen-bond acceptors (Lipinski definition) is 4. The van der Waals surface area contributed by atoms with Gasteiger partial charge in [0.15, 0.2) is 5.13 Å². The maximum absolute atomic E-state index is 14.4. The molecule has 1 aromatic carbocycles. The summed E-state index contributed by atoms with van der Waals surface area (Å²) >= 11 is 1.60. The van der Waals surface area contributed by atoms with Gasteiger partial charge in [0.05, 0.1) is 4.88 Å². The number of nitrogens with zero attached hydrogens (tertiary/aromatic N) is 3. The van der Waals surface area contributed by atoms with Gasteiger partial charge in [-0.2, -0.15) is 0 Å². The standard InChI is InChI=1S/C20H19FN4S/c1-3-13(2)24-20-23-11-18(26-20)14-10-16(15-6-4-5-7-17(15)21)19-22-8-9-25(19)12-14/h4-13H,3H2,1-2H3,(H,23,24)/t13-/m1/s1. The number of aromatic nitrogens is 3. The van der Waals surface area contributed by atoms with Crippen LogP contribution in [0.5, 0.6) is 0 Å². The maximum Gasteiger partial charge on any atom is 0.183 e. The van der Waals surface area contributed by atoms with Crippen LogP contribution in [0.25, 0.3) is 27.2 Å². The lowest BCUT2D eigenvalue weighted by atomic mass is 10.0. The van der Waals surface area contributed by atoms with Gasteiger partial charge in [-0.25, -0.2) is 14.4 Å². The fourth-order valence-electron chi connectivity index (χ4n) is 2.83. The van der Waals surface area contributed by atoms with Crippen LogP contribution in [0.2, 0.25) is 0 Å². The van der Waals surface area contributed by atoms with Crippen molar-refractivity contribution in [2.24, 2.45) is 0 Å². The average Bonchev–Trinajstić information content (AvgIpc) is 3.30. The molecule has 0 spiro atoms. The summed E-state index contributed by atoms with van der Waals surface area (Å²) < 4.78 is 16.3. The molecule has 4 nitrogen and oxygen atoms in total. The zero-order valence-electron chi connectivity index (χ0n) is 14.6. The second kappa shape index (κ2) is 6.88. The highest BCUT2D eigenvalue weighted by molar-refractivity contribution is 7.18. The number of imidazole rings is 1. The molecule has 0 aliphatic carbocycles. The van der Waals surface area contributed by atoms with Crippen LogP contribution >= 0.6 is 11.3 Å². The van der Waals surface area contributed by atoms with E-state index in [0.717, 1.165) is 33.2 Å². The molecule has 4 rings (SSSR count). The highest BCUT2D eigenvalue weighted by Crippen LogP contribution is 2.34. The summed E-state index contributed by atoms with van der Waals surface area (Å²) in [5.74, 6) is -0.252. The number of thiazole rings is 1. The first-order valence-corrected chi connectivity index (χ1v) is 9.41. The normalized spacial score (nSPS) is 12.4. The molecule has 0 radical (unpaired) electrons. The molecule has 0 aliphatic heterocycles. The Kier molecular flexibility index (Phi) is 4.42. The van der Waals surface area contributed by atoms with E-state index in [2.05, 4.69) is 29.1 Å². The molecule has 3 heterocycles. The molecule has 4 aromatic rings. The minimum Gasteiger partial charge on any atom is -0.359 e. The number of pyridine rings is 1. The quantitative estimate of drug-likeness (QED) is 0.509. The van der Waals surface area contributed by atoms with Crippen molar-refractivity contribution in [2.45, 2.75) is 26.3 Å². The molecule has 0 saturated carbocycles. The molecule has 0 fully saturated rings. The first-order valence-electron chi connectivity index (χ1n) is 8.60. The number of nitrogens with one attached hydrogen (secondary N) is 1. The average molecular weight is 366 g/mol. The van der Waals surface area contributed by atoms with E-state index in [0.29, 0.717) is 11.6 Å². The fraction of sp³-hybridized carbons (Fsp3) is 0.200. The molecule has 0 unspecified atom stereocenters. The van der Waals surface area contributed by atoms with Crippen LogP contribution in [-0.2, 0) is 0 Å². The largest absolute Gasteiger partial charge is 0.359 e. The number of fused-ring (bicyclic) bond motifs is 1. The van der Waals surface area contributed by atoms with Crippen LogP contribution in [0.1, 0.15) is 20.3 Å². The van der Waals surface area contributed by atoms with Gasteiger partial charge >= 0.3 is 0 Å². The Morgan fingerprint density at radius 3 is 2.88 bits per heavy atom. The predicted molar refractivity (Wildman–Crippen MR) is 105 cm³/mol. The summed E-state index contributed by atoms with van der Waals surface area (Å²) in [6.07, 6.45) is 8.51. The molecule has 0 aliphatic rings. The van der Waals surface area contributed by atoms with Gasteiger partial charge in [0.2, 0.25) is 0 Å². The second-order valence-corrected chi connectivity index (χ2v) is 7.29. The van der Waals surface area contributed by atoms with E-state index in [-0.39, 0.29) is 5.82 Å². The minimum absolute atomic E-state index is 0.252. The predicted octanol–water partition coefficient (Wildman–Crippen LogP) is 5.47. The Morgan fingerprint density at radius 1 is 1.23 bits per heavy atom. The van der Waals surface area contributed by atoms with Gasteiger partial charge in [0.25, 0.3) is 0 Å². The number of benzene rings is 1. The molecule has 0 saturated heterocycles. The number of anilines is 1. The van der Waals surface area contributed by atoms with Gasteiger partial charge in [-0.15, -0.1) is 0 Å². The van der Waals surface area contributed by atoms with E-state index in [9.17, 15) is 4.39 Å². The van der Waals surface area contributed by atoms with Crippen molar-refractivity contribution in [1.29, 1.82) is 0 Å². The Hall–Kier alpha value is -2.73.